The summed E-state index contributed by atoms with van der Waals surface area (Å²) < 4.78 is 11.3. The van der Waals surface area contributed by atoms with Crippen LogP contribution in [0.3, 0.4) is 0 Å². The molecule has 1 saturated carbocycles. The summed E-state index contributed by atoms with van der Waals surface area (Å²) in [6.07, 6.45) is -0.855. The third kappa shape index (κ3) is 2.80. The molecule has 138 valence electrons. The smallest absolute Gasteiger partial charge is 0.309 e. The molecule has 1 aliphatic heterocycles. The second kappa shape index (κ2) is 5.94. The first-order valence-corrected chi connectivity index (χ1v) is 8.91. The zero-order valence-corrected chi connectivity index (χ0v) is 15.4. The molecular weight excluding hydrogens is 324 g/mol. The molecule has 6 atom stereocenters. The van der Waals surface area contributed by atoms with Crippen molar-refractivity contribution in [3.8, 4) is 0 Å². The molecule has 0 aromatic rings. The summed E-state index contributed by atoms with van der Waals surface area (Å²) in [7, 11) is 0. The van der Waals surface area contributed by atoms with Crippen molar-refractivity contribution in [2.45, 2.75) is 65.3 Å². The van der Waals surface area contributed by atoms with Crippen LogP contribution < -0.4 is 0 Å². The van der Waals surface area contributed by atoms with Gasteiger partial charge in [0.05, 0.1) is 23.4 Å². The maximum atomic E-state index is 12.2. The fraction of sp³-hybridized carbons (Fsp3) is 0.737. The van der Waals surface area contributed by atoms with Crippen molar-refractivity contribution in [3.05, 3.63) is 11.1 Å². The van der Waals surface area contributed by atoms with E-state index in [0.717, 1.165) is 0 Å². The van der Waals surface area contributed by atoms with Crippen LogP contribution in [0.2, 0.25) is 0 Å². The Morgan fingerprint density at radius 1 is 1.36 bits per heavy atom. The molecule has 0 bridgehead atoms. The average Bonchev–Trinajstić information content (AvgIpc) is 2.93. The fourth-order valence-corrected chi connectivity index (χ4v) is 4.45. The summed E-state index contributed by atoms with van der Waals surface area (Å²) in [6, 6.07) is 0. The largest absolute Gasteiger partial charge is 0.462 e. The molecule has 25 heavy (non-hydrogen) atoms. The first-order valence-electron chi connectivity index (χ1n) is 8.91. The average molecular weight is 350 g/mol. The molecule has 0 radical (unpaired) electrons. The Hall–Kier alpha value is -1.69. The molecule has 0 aromatic heterocycles. The third-order valence-corrected chi connectivity index (χ3v) is 6.00. The number of ether oxygens (including phenoxy) is 2. The van der Waals surface area contributed by atoms with E-state index in [1.807, 2.05) is 0 Å². The van der Waals surface area contributed by atoms with E-state index >= 15 is 0 Å². The second-order valence-electron chi connectivity index (χ2n) is 8.18. The van der Waals surface area contributed by atoms with Gasteiger partial charge in [0.2, 0.25) is 0 Å². The van der Waals surface area contributed by atoms with E-state index in [9.17, 15) is 19.5 Å². The molecule has 2 fully saturated rings. The van der Waals surface area contributed by atoms with Crippen LogP contribution in [-0.4, -0.2) is 40.6 Å². The summed E-state index contributed by atoms with van der Waals surface area (Å²) in [5.41, 5.74) is 0.0695. The van der Waals surface area contributed by atoms with Crippen molar-refractivity contribution in [3.63, 3.8) is 0 Å². The first-order chi connectivity index (χ1) is 11.5. The number of ketones is 1. The molecule has 6 nitrogen and oxygen atoms in total. The summed E-state index contributed by atoms with van der Waals surface area (Å²) in [6.45, 7) is 8.64. The van der Waals surface area contributed by atoms with E-state index in [4.69, 9.17) is 9.47 Å². The Morgan fingerprint density at radius 2 is 2.00 bits per heavy atom. The lowest BCUT2D eigenvalue weighted by Crippen LogP contribution is -2.41. The molecule has 3 rings (SSSR count). The molecule has 1 heterocycles. The summed E-state index contributed by atoms with van der Waals surface area (Å²) in [5, 5.41) is 11.1. The quantitative estimate of drug-likeness (QED) is 0.764. The summed E-state index contributed by atoms with van der Waals surface area (Å²) in [4.78, 5) is 36.6. The van der Waals surface area contributed by atoms with Gasteiger partial charge in [0.15, 0.2) is 5.78 Å². The highest BCUT2D eigenvalue weighted by Crippen LogP contribution is 2.51. The third-order valence-electron chi connectivity index (χ3n) is 6.00. The lowest BCUT2D eigenvalue weighted by atomic mass is 9.81. The van der Waals surface area contributed by atoms with Crippen molar-refractivity contribution in [2.75, 3.05) is 0 Å². The van der Waals surface area contributed by atoms with Crippen molar-refractivity contribution in [1.82, 2.24) is 0 Å². The molecule has 0 spiro atoms. The Kier molecular flexibility index (Phi) is 4.30. The minimum Gasteiger partial charge on any atom is -0.462 e. The van der Waals surface area contributed by atoms with Gasteiger partial charge in [-0.25, -0.2) is 0 Å². The number of carbonyl (C=O) groups is 3. The SMILES string of the molecule is CC1=C2[C@H]3OC(=O)[C@@H](C)[C@@H]3[C@H](OC(=O)C(C)C)C[C@@](C)(O)[C@@H]2CC1=O. The maximum Gasteiger partial charge on any atom is 0.309 e. The topological polar surface area (TPSA) is 89.9 Å². The number of carbonyl (C=O) groups excluding carboxylic acids is 3. The summed E-state index contributed by atoms with van der Waals surface area (Å²) >= 11 is 0. The normalized spacial score (nSPS) is 40.7. The van der Waals surface area contributed by atoms with Gasteiger partial charge >= 0.3 is 11.9 Å². The number of fused-ring (bicyclic) bond motifs is 3. The predicted molar refractivity (Wildman–Crippen MR) is 88.3 cm³/mol. The highest BCUT2D eigenvalue weighted by molar-refractivity contribution is 5.99. The van der Waals surface area contributed by atoms with Gasteiger partial charge < -0.3 is 14.6 Å². The monoisotopic (exact) mass is 350 g/mol. The molecule has 3 aliphatic rings. The van der Waals surface area contributed by atoms with E-state index in [1.165, 1.54) is 0 Å². The van der Waals surface area contributed by atoms with Crippen LogP contribution in [0.5, 0.6) is 0 Å². The first kappa shape index (κ1) is 18.1. The Bertz CT molecular complexity index is 659. The highest BCUT2D eigenvalue weighted by Gasteiger charge is 2.59. The standard InChI is InChI=1S/C19H26O6/c1-8(2)17(21)24-13-7-19(5,23)11-6-12(20)9(3)14(11)16-15(13)10(4)18(22)25-16/h8,10-11,13,15-16,23H,6-7H2,1-5H3/t10-,11+,13+,15+,16+,19+/m0/s1. The predicted octanol–water partition coefficient (Wildman–Crippen LogP) is 1.79. The minimum absolute atomic E-state index is 0.0211. The number of hydrogen-bond donors (Lipinski definition) is 1. The van der Waals surface area contributed by atoms with Gasteiger partial charge in [-0.3, -0.25) is 14.4 Å². The van der Waals surface area contributed by atoms with E-state index in [0.29, 0.717) is 11.1 Å². The zero-order chi connectivity index (χ0) is 18.7. The number of aliphatic hydroxyl groups is 1. The van der Waals surface area contributed by atoms with Gasteiger partial charge in [-0.1, -0.05) is 20.8 Å². The maximum absolute atomic E-state index is 12.2. The van der Waals surface area contributed by atoms with Crippen LogP contribution in [0.25, 0.3) is 0 Å². The van der Waals surface area contributed by atoms with Gasteiger partial charge in [-0.2, -0.15) is 0 Å². The highest BCUT2D eigenvalue weighted by atomic mass is 16.6. The van der Waals surface area contributed by atoms with E-state index in [2.05, 4.69) is 0 Å². The lowest BCUT2D eigenvalue weighted by Gasteiger charge is -2.32. The van der Waals surface area contributed by atoms with Gasteiger partial charge in [-0.05, 0) is 25.0 Å². The molecule has 0 unspecified atom stereocenters. The molecule has 1 N–H and O–H groups in total. The number of hydrogen-bond acceptors (Lipinski definition) is 6. The van der Waals surface area contributed by atoms with Crippen LogP contribution in [0.1, 0.15) is 47.5 Å². The van der Waals surface area contributed by atoms with E-state index in [1.54, 1.807) is 34.6 Å². The minimum atomic E-state index is -1.21. The molecule has 1 saturated heterocycles. The molecule has 0 amide bonds. The van der Waals surface area contributed by atoms with Gasteiger partial charge in [0.1, 0.15) is 12.2 Å². The lowest BCUT2D eigenvalue weighted by molar-refractivity contribution is -0.160. The number of rotatable bonds is 2. The van der Waals surface area contributed by atoms with Crippen molar-refractivity contribution < 1.29 is 29.0 Å². The van der Waals surface area contributed by atoms with Crippen LogP contribution >= 0.6 is 0 Å². The Morgan fingerprint density at radius 3 is 2.60 bits per heavy atom. The Labute approximate surface area is 147 Å². The van der Waals surface area contributed by atoms with Crippen molar-refractivity contribution >= 4 is 17.7 Å². The molecule has 6 heteroatoms. The summed E-state index contributed by atoms with van der Waals surface area (Å²) in [5.74, 6) is -2.29. The van der Waals surface area contributed by atoms with Crippen LogP contribution in [-0.2, 0) is 23.9 Å². The van der Waals surface area contributed by atoms with Gasteiger partial charge in [0.25, 0.3) is 0 Å². The zero-order valence-electron chi connectivity index (χ0n) is 15.4. The number of allylic oxidation sites excluding steroid dienone is 1. The van der Waals surface area contributed by atoms with E-state index in [-0.39, 0.29) is 42.4 Å². The van der Waals surface area contributed by atoms with Gasteiger partial charge in [-0.15, -0.1) is 0 Å². The van der Waals surface area contributed by atoms with Crippen molar-refractivity contribution in [1.29, 1.82) is 0 Å². The molecular formula is C19H26O6. The molecule has 2 aliphatic carbocycles. The molecule has 0 aromatic carbocycles. The number of esters is 2. The Balaban J connectivity index is 2.07. The van der Waals surface area contributed by atoms with Crippen LogP contribution in [0.15, 0.2) is 11.1 Å². The second-order valence-corrected chi connectivity index (χ2v) is 8.18. The fourth-order valence-electron chi connectivity index (χ4n) is 4.45. The van der Waals surface area contributed by atoms with Crippen LogP contribution in [0.4, 0.5) is 0 Å². The number of Topliss-reactive ketones (excluding diaryl/α,β-unsaturated/α-hetero) is 1. The van der Waals surface area contributed by atoms with Crippen LogP contribution in [0, 0.1) is 23.7 Å². The van der Waals surface area contributed by atoms with Crippen molar-refractivity contribution in [2.24, 2.45) is 23.7 Å². The van der Waals surface area contributed by atoms with Gasteiger partial charge in [0, 0.05) is 18.8 Å². The van der Waals surface area contributed by atoms with E-state index < -0.39 is 29.6 Å².